The van der Waals surface area contributed by atoms with Gasteiger partial charge in [0.15, 0.2) is 0 Å². The summed E-state index contributed by atoms with van der Waals surface area (Å²) in [4.78, 5) is 0. The van der Waals surface area contributed by atoms with Gasteiger partial charge in [-0.1, -0.05) is 0 Å². The van der Waals surface area contributed by atoms with Crippen LogP contribution in [0.4, 0.5) is 5.69 Å². The van der Waals surface area contributed by atoms with Crippen LogP contribution in [-0.4, -0.2) is 47.3 Å². The van der Waals surface area contributed by atoms with Gasteiger partial charge in [-0.15, -0.1) is 0 Å². The van der Waals surface area contributed by atoms with Crippen molar-refractivity contribution in [3.63, 3.8) is 0 Å². The first-order valence-corrected chi connectivity index (χ1v) is 7.75. The standard InChI is InChI=1S/C11H20N4O3S/c1-9-11(7-14(2)12-9)13-19(17,18)15-5-3-4-10(6-15)8-16/h7,10,13,16H,3-6,8H2,1-2H3. The molecular weight excluding hydrogens is 268 g/mol. The average molecular weight is 288 g/mol. The van der Waals surface area contributed by atoms with Crippen molar-refractivity contribution in [3.8, 4) is 0 Å². The van der Waals surface area contributed by atoms with E-state index in [0.29, 0.717) is 24.5 Å². The van der Waals surface area contributed by atoms with Crippen LogP contribution >= 0.6 is 0 Å². The minimum atomic E-state index is -3.57. The van der Waals surface area contributed by atoms with Crippen LogP contribution in [0.15, 0.2) is 6.20 Å². The Bertz CT molecular complexity index is 540. The van der Waals surface area contributed by atoms with Crippen LogP contribution in [0.1, 0.15) is 18.5 Å². The maximum absolute atomic E-state index is 12.3. The van der Waals surface area contributed by atoms with Crippen molar-refractivity contribution in [1.82, 2.24) is 14.1 Å². The fraction of sp³-hybridized carbons (Fsp3) is 0.727. The molecule has 1 fully saturated rings. The molecule has 1 aliphatic heterocycles. The molecule has 0 saturated carbocycles. The van der Waals surface area contributed by atoms with E-state index in [0.717, 1.165) is 12.8 Å². The quantitative estimate of drug-likeness (QED) is 0.822. The van der Waals surface area contributed by atoms with E-state index >= 15 is 0 Å². The Kier molecular flexibility index (Phi) is 4.12. The number of hydrogen-bond donors (Lipinski definition) is 2. The Morgan fingerprint density at radius 2 is 2.32 bits per heavy atom. The molecule has 0 spiro atoms. The first kappa shape index (κ1) is 14.3. The van der Waals surface area contributed by atoms with Crippen molar-refractivity contribution in [1.29, 1.82) is 0 Å². The summed E-state index contributed by atoms with van der Waals surface area (Å²) >= 11 is 0. The third-order valence-corrected chi connectivity index (χ3v) is 4.82. The minimum Gasteiger partial charge on any atom is -0.396 e. The van der Waals surface area contributed by atoms with E-state index in [1.807, 2.05) is 0 Å². The van der Waals surface area contributed by atoms with Crippen LogP contribution in [0.5, 0.6) is 0 Å². The summed E-state index contributed by atoms with van der Waals surface area (Å²) in [5.74, 6) is 0.0281. The molecule has 1 aromatic heterocycles. The van der Waals surface area contributed by atoms with Gasteiger partial charge in [0.1, 0.15) is 0 Å². The lowest BCUT2D eigenvalue weighted by Crippen LogP contribution is -2.43. The Balaban J connectivity index is 2.12. The molecular formula is C11H20N4O3S. The van der Waals surface area contributed by atoms with Crippen molar-refractivity contribution in [2.24, 2.45) is 13.0 Å². The highest BCUT2D eigenvalue weighted by Gasteiger charge is 2.29. The molecule has 1 unspecified atom stereocenters. The van der Waals surface area contributed by atoms with Crippen molar-refractivity contribution in [2.75, 3.05) is 24.4 Å². The second-order valence-electron chi connectivity index (χ2n) is 4.96. The van der Waals surface area contributed by atoms with Crippen molar-refractivity contribution < 1.29 is 13.5 Å². The summed E-state index contributed by atoms with van der Waals surface area (Å²) in [6.07, 6.45) is 3.28. The highest BCUT2D eigenvalue weighted by molar-refractivity contribution is 7.90. The molecule has 2 N–H and O–H groups in total. The number of nitrogens with one attached hydrogen (secondary N) is 1. The van der Waals surface area contributed by atoms with E-state index in [2.05, 4.69) is 9.82 Å². The van der Waals surface area contributed by atoms with Crippen LogP contribution in [-0.2, 0) is 17.3 Å². The molecule has 0 aliphatic carbocycles. The van der Waals surface area contributed by atoms with Gasteiger partial charge in [0.25, 0.3) is 0 Å². The largest absolute Gasteiger partial charge is 0.396 e. The van der Waals surface area contributed by atoms with E-state index in [4.69, 9.17) is 5.11 Å². The molecule has 8 heteroatoms. The van der Waals surface area contributed by atoms with Gasteiger partial charge < -0.3 is 5.11 Å². The van der Waals surface area contributed by atoms with Crippen LogP contribution in [0.3, 0.4) is 0 Å². The van der Waals surface area contributed by atoms with Gasteiger partial charge in [0.2, 0.25) is 0 Å². The monoisotopic (exact) mass is 288 g/mol. The third-order valence-electron chi connectivity index (χ3n) is 3.33. The molecule has 0 radical (unpaired) electrons. The summed E-state index contributed by atoms with van der Waals surface area (Å²) in [6, 6.07) is 0. The zero-order chi connectivity index (χ0) is 14.0. The van der Waals surface area contributed by atoms with Gasteiger partial charge in [-0.3, -0.25) is 9.40 Å². The summed E-state index contributed by atoms with van der Waals surface area (Å²) in [7, 11) is -1.83. The molecule has 0 aromatic carbocycles. The molecule has 0 amide bonds. The van der Waals surface area contributed by atoms with Gasteiger partial charge in [-0.25, -0.2) is 0 Å². The Morgan fingerprint density at radius 1 is 1.58 bits per heavy atom. The molecule has 19 heavy (non-hydrogen) atoms. The van der Waals surface area contributed by atoms with Crippen LogP contribution in [0, 0.1) is 12.8 Å². The number of hydrogen-bond acceptors (Lipinski definition) is 4. The summed E-state index contributed by atoms with van der Waals surface area (Å²) < 4.78 is 30.1. The zero-order valence-corrected chi connectivity index (χ0v) is 12.0. The molecule has 108 valence electrons. The van der Waals surface area contributed by atoms with Crippen LogP contribution in [0.25, 0.3) is 0 Å². The van der Waals surface area contributed by atoms with Gasteiger partial charge in [-0.05, 0) is 25.7 Å². The minimum absolute atomic E-state index is 0.0257. The first-order valence-electron chi connectivity index (χ1n) is 6.31. The lowest BCUT2D eigenvalue weighted by Gasteiger charge is -2.30. The Morgan fingerprint density at radius 3 is 2.89 bits per heavy atom. The second-order valence-corrected chi connectivity index (χ2v) is 6.63. The maximum Gasteiger partial charge on any atom is 0.301 e. The number of anilines is 1. The number of aliphatic hydroxyl groups is 1. The van der Waals surface area contributed by atoms with E-state index in [9.17, 15) is 8.42 Å². The normalized spacial score (nSPS) is 21.5. The Labute approximate surface area is 113 Å². The van der Waals surface area contributed by atoms with Gasteiger partial charge >= 0.3 is 10.2 Å². The van der Waals surface area contributed by atoms with Crippen molar-refractivity contribution in [2.45, 2.75) is 19.8 Å². The summed E-state index contributed by atoms with van der Waals surface area (Å²) in [5, 5.41) is 13.3. The molecule has 0 bridgehead atoms. The number of piperidine rings is 1. The van der Waals surface area contributed by atoms with Crippen LogP contribution in [0.2, 0.25) is 0 Å². The van der Waals surface area contributed by atoms with E-state index in [1.54, 1.807) is 24.9 Å². The smallest absolute Gasteiger partial charge is 0.301 e. The molecule has 7 nitrogen and oxygen atoms in total. The van der Waals surface area contributed by atoms with Gasteiger partial charge in [-0.2, -0.15) is 17.8 Å². The number of aromatic nitrogens is 2. The predicted octanol–water partition coefficient (Wildman–Crippen LogP) is 0.0895. The zero-order valence-electron chi connectivity index (χ0n) is 11.2. The number of aliphatic hydroxyl groups excluding tert-OH is 1. The molecule has 2 heterocycles. The van der Waals surface area contributed by atoms with Crippen LogP contribution < -0.4 is 4.72 Å². The third kappa shape index (κ3) is 3.26. The molecule has 1 aromatic rings. The second kappa shape index (κ2) is 5.48. The topological polar surface area (TPSA) is 87.5 Å². The fourth-order valence-corrected chi connectivity index (χ4v) is 3.68. The Hall–Kier alpha value is -1.12. The fourth-order valence-electron chi connectivity index (χ4n) is 2.30. The van der Waals surface area contributed by atoms with E-state index < -0.39 is 10.2 Å². The van der Waals surface area contributed by atoms with E-state index in [1.165, 1.54) is 4.31 Å². The maximum atomic E-state index is 12.3. The van der Waals surface area contributed by atoms with Crippen molar-refractivity contribution in [3.05, 3.63) is 11.9 Å². The predicted molar refractivity (Wildman–Crippen MR) is 71.9 cm³/mol. The number of nitrogens with zero attached hydrogens (tertiary/aromatic N) is 3. The van der Waals surface area contributed by atoms with Crippen molar-refractivity contribution >= 4 is 15.9 Å². The highest BCUT2D eigenvalue weighted by atomic mass is 32.2. The van der Waals surface area contributed by atoms with Gasteiger partial charge in [0, 0.05) is 32.9 Å². The summed E-state index contributed by atoms with van der Waals surface area (Å²) in [5.41, 5.74) is 1.13. The first-order chi connectivity index (χ1) is 8.92. The lowest BCUT2D eigenvalue weighted by atomic mass is 10.0. The average Bonchev–Trinajstić information content (AvgIpc) is 2.67. The number of aryl methyl sites for hydroxylation is 2. The molecule has 1 atom stereocenters. The summed E-state index contributed by atoms with van der Waals surface area (Å²) in [6.45, 7) is 2.64. The van der Waals surface area contributed by atoms with Gasteiger partial charge in [0.05, 0.1) is 11.4 Å². The SMILES string of the molecule is Cc1nn(C)cc1NS(=O)(=O)N1CCCC(CO)C1. The molecule has 1 saturated heterocycles. The molecule has 2 rings (SSSR count). The number of rotatable bonds is 4. The lowest BCUT2D eigenvalue weighted by molar-refractivity contribution is 0.166. The highest BCUT2D eigenvalue weighted by Crippen LogP contribution is 2.21. The van der Waals surface area contributed by atoms with E-state index in [-0.39, 0.29) is 12.5 Å². The molecule has 1 aliphatic rings.